The third-order valence-electron chi connectivity index (χ3n) is 9.44. The Morgan fingerprint density at radius 3 is 1.53 bits per heavy atom. The van der Waals surface area contributed by atoms with Crippen LogP contribution in [0.3, 0.4) is 0 Å². The molecule has 6 rings (SSSR count). The molecule has 0 fully saturated rings. The molecule has 4 aliphatic rings. The van der Waals surface area contributed by atoms with Crippen molar-refractivity contribution in [1.29, 1.82) is 0 Å². The van der Waals surface area contributed by atoms with Gasteiger partial charge in [0.15, 0.2) is 0 Å². The maximum absolute atomic E-state index is 9.61. The first-order valence-electron chi connectivity index (χ1n) is 17.8. The molecule has 1 aromatic heterocycles. The summed E-state index contributed by atoms with van der Waals surface area (Å²) in [5.41, 5.74) is 12.9. The Labute approximate surface area is 279 Å². The lowest BCUT2D eigenvalue weighted by Crippen LogP contribution is -2.16. The normalized spacial score (nSPS) is 16.9. The van der Waals surface area contributed by atoms with Crippen LogP contribution in [0.25, 0.3) is 17.4 Å². The first kappa shape index (κ1) is 32.4. The van der Waals surface area contributed by atoms with Gasteiger partial charge in [0.05, 0.1) is 40.5 Å². The molecule has 0 saturated heterocycles. The van der Waals surface area contributed by atoms with Crippen molar-refractivity contribution in [3.8, 4) is 0 Å². The fourth-order valence-electron chi connectivity index (χ4n) is 6.79. The fourth-order valence-corrected chi connectivity index (χ4v) is 6.79. The molecule has 0 aliphatic carbocycles. The number of aliphatic imine (C=N–C) groups is 3. The summed E-state index contributed by atoms with van der Waals surface area (Å²) in [6.07, 6.45) is 27.5. The third kappa shape index (κ3) is 7.25. The predicted molar refractivity (Wildman–Crippen MR) is 199 cm³/mol. The minimum absolute atomic E-state index is 0.769. The van der Waals surface area contributed by atoms with Gasteiger partial charge >= 0.3 is 0 Å². The van der Waals surface area contributed by atoms with E-state index < -0.39 is 0 Å². The van der Waals surface area contributed by atoms with Gasteiger partial charge in [-0.25, -0.2) is 15.0 Å². The Morgan fingerprint density at radius 1 is 0.532 bits per heavy atom. The van der Waals surface area contributed by atoms with E-state index in [1.807, 2.05) is 12.1 Å². The number of H-pyrrole nitrogens is 1. The van der Waals surface area contributed by atoms with E-state index in [9.17, 15) is 5.11 Å². The second kappa shape index (κ2) is 15.4. The van der Waals surface area contributed by atoms with Gasteiger partial charge in [-0.2, -0.15) is 0 Å². The van der Waals surface area contributed by atoms with Crippen LogP contribution in [0.2, 0.25) is 0 Å². The molecule has 2 aromatic rings. The number of fused-ring (bicyclic) bond motifs is 5. The topological polar surface area (TPSA) is 73.1 Å². The van der Waals surface area contributed by atoms with Crippen molar-refractivity contribution >= 4 is 34.5 Å². The van der Waals surface area contributed by atoms with E-state index in [4.69, 9.17) is 15.0 Å². The Balaban J connectivity index is 1.60. The van der Waals surface area contributed by atoms with Crippen LogP contribution in [0.5, 0.6) is 0 Å². The highest BCUT2D eigenvalue weighted by Gasteiger charge is 2.24. The third-order valence-corrected chi connectivity index (χ3v) is 9.44. The number of aromatic amines is 1. The number of nitrogens with zero attached hydrogens (tertiary/aromatic N) is 3. The van der Waals surface area contributed by atoms with Crippen LogP contribution >= 0.6 is 0 Å². The van der Waals surface area contributed by atoms with Crippen LogP contribution in [0.15, 0.2) is 116 Å². The SMILES string of the molecule is CCCCCC1=C2C=CC(=N2)C(CCCCC)=C2C=CC(=N2)C(=c2ccc(=CO)cc2)c2ccc([nH]2)C(CCCCC)=C2C=CC1=N2. The highest BCUT2D eigenvalue weighted by molar-refractivity contribution is 6.30. The number of rotatable bonds is 12. The molecule has 0 saturated carbocycles. The molecule has 0 spiro atoms. The van der Waals surface area contributed by atoms with Crippen LogP contribution in [-0.4, -0.2) is 27.2 Å². The molecule has 0 radical (unpaired) electrons. The van der Waals surface area contributed by atoms with Gasteiger partial charge in [-0.15, -0.1) is 0 Å². The molecule has 5 heterocycles. The van der Waals surface area contributed by atoms with Crippen molar-refractivity contribution in [3.63, 3.8) is 0 Å². The quantitative estimate of drug-likeness (QED) is 0.227. The average Bonchev–Trinajstić information content (AvgIpc) is 3.93. The zero-order valence-corrected chi connectivity index (χ0v) is 28.3. The molecule has 0 unspecified atom stereocenters. The number of allylic oxidation sites excluding steroid dienone is 9. The number of aliphatic hydroxyl groups is 1. The zero-order valence-electron chi connectivity index (χ0n) is 28.3. The highest BCUT2D eigenvalue weighted by atomic mass is 16.2. The Kier molecular flexibility index (Phi) is 10.6. The summed E-state index contributed by atoms with van der Waals surface area (Å²) in [5, 5.41) is 11.4. The summed E-state index contributed by atoms with van der Waals surface area (Å²) in [4.78, 5) is 19.8. The maximum atomic E-state index is 9.61. The Hall–Kier alpha value is -4.51. The maximum Gasteiger partial charge on any atom is 0.0864 e. The first-order valence-corrected chi connectivity index (χ1v) is 17.8. The van der Waals surface area contributed by atoms with Crippen molar-refractivity contribution in [2.24, 2.45) is 15.0 Å². The van der Waals surface area contributed by atoms with E-state index in [1.165, 1.54) is 55.2 Å². The van der Waals surface area contributed by atoms with Gasteiger partial charge in [-0.3, -0.25) is 0 Å². The smallest absolute Gasteiger partial charge is 0.0864 e. The molecule has 1 aromatic carbocycles. The van der Waals surface area contributed by atoms with Crippen molar-refractivity contribution in [2.75, 3.05) is 0 Å². The summed E-state index contributed by atoms with van der Waals surface area (Å²) in [5.74, 6) is 0. The monoisotopic (exact) mass is 624 g/mol. The molecule has 47 heavy (non-hydrogen) atoms. The lowest BCUT2D eigenvalue weighted by molar-refractivity contribution is 0.540. The van der Waals surface area contributed by atoms with E-state index in [0.717, 1.165) is 106 Å². The number of unbranched alkanes of at least 4 members (excludes halogenated alkanes) is 6. The van der Waals surface area contributed by atoms with E-state index in [1.54, 1.807) is 0 Å². The summed E-state index contributed by atoms with van der Waals surface area (Å²) in [6.45, 7) is 6.76. The molecular weight excluding hydrogens is 576 g/mol. The molecule has 242 valence electrons. The number of benzene rings is 1. The van der Waals surface area contributed by atoms with E-state index >= 15 is 0 Å². The van der Waals surface area contributed by atoms with Crippen LogP contribution in [-0.2, 0) is 0 Å². The summed E-state index contributed by atoms with van der Waals surface area (Å²) in [6, 6.07) is 12.4. The second-order valence-electron chi connectivity index (χ2n) is 12.9. The van der Waals surface area contributed by atoms with Gasteiger partial charge in [-0.1, -0.05) is 83.6 Å². The van der Waals surface area contributed by atoms with E-state index in [-0.39, 0.29) is 0 Å². The largest absolute Gasteiger partial charge is 0.515 e. The van der Waals surface area contributed by atoms with Gasteiger partial charge in [0.2, 0.25) is 0 Å². The minimum Gasteiger partial charge on any atom is -0.515 e. The summed E-state index contributed by atoms with van der Waals surface area (Å²) < 4.78 is 0. The lowest BCUT2D eigenvalue weighted by Gasteiger charge is -2.11. The molecule has 2 N–H and O–H groups in total. The second-order valence-corrected chi connectivity index (χ2v) is 12.9. The van der Waals surface area contributed by atoms with Gasteiger partial charge in [0.25, 0.3) is 0 Å². The van der Waals surface area contributed by atoms with Crippen LogP contribution in [0.4, 0.5) is 0 Å². The number of hydrogen-bond acceptors (Lipinski definition) is 4. The molecule has 0 atom stereocenters. The molecule has 0 amide bonds. The van der Waals surface area contributed by atoms with Gasteiger partial charge < -0.3 is 10.1 Å². The zero-order chi connectivity index (χ0) is 32.6. The molecular formula is C42H48N4O. The molecule has 8 bridgehead atoms. The fraction of sp³-hybridized carbons (Fsp3) is 0.357. The van der Waals surface area contributed by atoms with E-state index in [0.29, 0.717) is 0 Å². The van der Waals surface area contributed by atoms with Crippen molar-refractivity contribution < 1.29 is 5.11 Å². The average molecular weight is 625 g/mol. The predicted octanol–water partition coefficient (Wildman–Crippen LogP) is 9.52. The van der Waals surface area contributed by atoms with Crippen LogP contribution < -0.4 is 10.4 Å². The molecule has 5 nitrogen and oxygen atoms in total. The number of hydrogen-bond donors (Lipinski definition) is 2. The van der Waals surface area contributed by atoms with Crippen molar-refractivity contribution in [1.82, 2.24) is 4.98 Å². The lowest BCUT2D eigenvalue weighted by atomic mass is 10.0. The van der Waals surface area contributed by atoms with Crippen molar-refractivity contribution in [3.05, 3.63) is 123 Å². The van der Waals surface area contributed by atoms with E-state index in [2.05, 4.69) is 86.5 Å². The molecule has 5 heteroatoms. The van der Waals surface area contributed by atoms with Gasteiger partial charge in [-0.05, 0) is 92.3 Å². The number of aromatic nitrogens is 1. The summed E-state index contributed by atoms with van der Waals surface area (Å²) >= 11 is 0. The van der Waals surface area contributed by atoms with Gasteiger partial charge in [0.1, 0.15) is 0 Å². The highest BCUT2D eigenvalue weighted by Crippen LogP contribution is 2.34. The number of aliphatic hydroxyl groups excluding tert-OH is 1. The standard InChI is InChI=1S/C42H48N4O/c1-4-7-10-13-31-34-20-22-36(43-34)32(14-11-8-5-2)38-24-26-40(45-38)42(30-18-16-29(28-47)17-19-30)41-27-25-39(46-41)33(15-12-9-6-3)37-23-21-35(31)44-37/h16-28,45,47H,4-15H2,1-3H3. The van der Waals surface area contributed by atoms with Crippen LogP contribution in [0, 0.1) is 0 Å². The van der Waals surface area contributed by atoms with Gasteiger partial charge in [0, 0.05) is 38.9 Å². The first-order chi connectivity index (χ1) is 23.1. The van der Waals surface area contributed by atoms with Crippen LogP contribution in [0.1, 0.15) is 109 Å². The number of nitrogens with one attached hydrogen (secondary N) is 1. The summed E-state index contributed by atoms with van der Waals surface area (Å²) in [7, 11) is 0. The Bertz CT molecular complexity index is 1890. The molecule has 4 aliphatic heterocycles. The minimum atomic E-state index is 0.769. The Morgan fingerprint density at radius 2 is 1.00 bits per heavy atom. The van der Waals surface area contributed by atoms with Crippen molar-refractivity contribution in [2.45, 2.75) is 97.8 Å².